The van der Waals surface area contributed by atoms with E-state index in [2.05, 4.69) is 12.2 Å². The Hall–Kier alpha value is -0.830. The van der Waals surface area contributed by atoms with Gasteiger partial charge in [-0.05, 0) is 40.0 Å². The highest BCUT2D eigenvalue weighted by Crippen LogP contribution is 2.42. The number of hydrogen-bond donors (Lipinski definition) is 0. The Morgan fingerprint density at radius 1 is 1.29 bits per heavy atom. The molecule has 0 aromatic carbocycles. The monoisotopic (exact) mass is 237 g/mol. The summed E-state index contributed by atoms with van der Waals surface area (Å²) in [6.45, 7) is 6.82. The van der Waals surface area contributed by atoms with E-state index in [1.54, 1.807) is 0 Å². The van der Waals surface area contributed by atoms with Crippen molar-refractivity contribution in [1.82, 2.24) is 0 Å². The van der Waals surface area contributed by atoms with Gasteiger partial charge in [-0.1, -0.05) is 12.2 Å². The van der Waals surface area contributed by atoms with Gasteiger partial charge in [-0.15, -0.1) is 0 Å². The summed E-state index contributed by atoms with van der Waals surface area (Å²) in [7, 11) is 0. The number of quaternary nitrogens is 1. The topological polar surface area (TPSA) is 40.1 Å². The van der Waals surface area contributed by atoms with Crippen molar-refractivity contribution >= 4 is 6.09 Å². The second kappa shape index (κ2) is 4.13. The van der Waals surface area contributed by atoms with Gasteiger partial charge in [0.15, 0.2) is 0 Å². The van der Waals surface area contributed by atoms with Crippen LogP contribution < -0.4 is 5.11 Å². The smallest absolute Gasteiger partial charge is 0.258 e. The van der Waals surface area contributed by atoms with Crippen LogP contribution in [0.3, 0.4) is 0 Å². The van der Waals surface area contributed by atoms with Gasteiger partial charge in [0.2, 0.25) is 0 Å². The highest BCUT2D eigenvalue weighted by molar-refractivity contribution is 5.55. The van der Waals surface area contributed by atoms with Crippen molar-refractivity contribution in [2.75, 3.05) is 6.54 Å². The Morgan fingerprint density at radius 3 is 2.53 bits per heavy atom. The van der Waals surface area contributed by atoms with E-state index in [1.807, 2.05) is 20.8 Å². The molecular formula is C14H23NO2. The Kier molecular flexibility index (Phi) is 3.06. The third-order valence-corrected chi connectivity index (χ3v) is 4.70. The van der Waals surface area contributed by atoms with Crippen molar-refractivity contribution in [3.8, 4) is 0 Å². The van der Waals surface area contributed by atoms with Crippen LogP contribution in [0.4, 0.5) is 4.79 Å². The van der Waals surface area contributed by atoms with Crippen molar-refractivity contribution in [3.05, 3.63) is 12.2 Å². The number of carbonyl (C=O) groups is 1. The maximum Gasteiger partial charge on any atom is 0.258 e. The standard InChI is InChI=1S/C14H23NO2/c1-14(2,3)15(13(16)17)10-6-8-11-7-4-5-9-12(11)15/h4-5,11-12H,6-10H2,1-3H3/t11-,12?,15-/m1/s1. The van der Waals surface area contributed by atoms with Gasteiger partial charge in [0, 0.05) is 12.3 Å². The molecule has 0 aromatic rings. The number of hydrogen-bond acceptors (Lipinski definition) is 2. The van der Waals surface area contributed by atoms with Crippen molar-refractivity contribution in [3.63, 3.8) is 0 Å². The summed E-state index contributed by atoms with van der Waals surface area (Å²) in [6, 6.07) is 0.207. The van der Waals surface area contributed by atoms with Crippen LogP contribution in [0, 0.1) is 5.92 Å². The lowest BCUT2D eigenvalue weighted by Crippen LogP contribution is -2.75. The molecule has 0 bridgehead atoms. The first-order valence-corrected chi connectivity index (χ1v) is 6.64. The van der Waals surface area contributed by atoms with Crippen LogP contribution in [0.25, 0.3) is 0 Å². The predicted molar refractivity (Wildman–Crippen MR) is 65.2 cm³/mol. The summed E-state index contributed by atoms with van der Waals surface area (Å²) in [4.78, 5) is 11.8. The molecule has 3 heteroatoms. The van der Waals surface area contributed by atoms with Crippen LogP contribution >= 0.6 is 0 Å². The molecule has 3 atom stereocenters. The van der Waals surface area contributed by atoms with E-state index in [-0.39, 0.29) is 16.1 Å². The number of carbonyl (C=O) groups excluding carboxylic acids is 1. The Morgan fingerprint density at radius 2 is 1.94 bits per heavy atom. The largest absolute Gasteiger partial charge is 0.498 e. The molecule has 17 heavy (non-hydrogen) atoms. The van der Waals surface area contributed by atoms with Crippen LogP contribution in [0.2, 0.25) is 0 Å². The minimum Gasteiger partial charge on any atom is -0.498 e. The first kappa shape index (κ1) is 12.6. The predicted octanol–water partition coefficient (Wildman–Crippen LogP) is 2.07. The molecule has 1 amide bonds. The summed E-state index contributed by atoms with van der Waals surface area (Å²) in [5, 5.41) is 11.8. The van der Waals surface area contributed by atoms with Crippen LogP contribution in [0.1, 0.15) is 46.5 Å². The number of nitrogens with zero attached hydrogens (tertiary/aromatic N) is 1. The number of piperidine rings is 1. The second-order valence-electron chi connectivity index (χ2n) is 6.44. The molecule has 0 saturated carbocycles. The minimum absolute atomic E-state index is 0.141. The molecule has 1 saturated heterocycles. The lowest BCUT2D eigenvalue weighted by atomic mass is 9.77. The van der Waals surface area contributed by atoms with Gasteiger partial charge >= 0.3 is 0 Å². The van der Waals surface area contributed by atoms with Gasteiger partial charge in [0.25, 0.3) is 6.09 Å². The summed E-state index contributed by atoms with van der Waals surface area (Å²) in [5.74, 6) is 0.519. The number of allylic oxidation sites excluding steroid dienone is 1. The maximum absolute atomic E-state index is 11.8. The Bertz CT molecular complexity index is 343. The second-order valence-corrected chi connectivity index (χ2v) is 6.44. The quantitative estimate of drug-likeness (QED) is 0.478. The normalized spacial score (nSPS) is 37.6. The van der Waals surface area contributed by atoms with E-state index in [1.165, 1.54) is 6.42 Å². The SMILES string of the molecule is CC(C)(C)[N@+]1(C(=O)[O-])CCC[C@H]2CC=CCC21. The van der Waals surface area contributed by atoms with Gasteiger partial charge in [0.05, 0.1) is 12.1 Å². The zero-order valence-electron chi connectivity index (χ0n) is 11.1. The van der Waals surface area contributed by atoms with Crippen molar-refractivity contribution in [2.45, 2.75) is 58.0 Å². The van der Waals surface area contributed by atoms with Gasteiger partial charge in [-0.2, -0.15) is 0 Å². The van der Waals surface area contributed by atoms with Crippen LogP contribution in [-0.4, -0.2) is 28.7 Å². The lowest BCUT2D eigenvalue weighted by molar-refractivity contribution is -0.949. The van der Waals surface area contributed by atoms with E-state index in [9.17, 15) is 9.90 Å². The maximum atomic E-state index is 11.8. The molecule has 0 radical (unpaired) electrons. The molecule has 1 aliphatic heterocycles. The lowest BCUT2D eigenvalue weighted by Gasteiger charge is -2.57. The molecule has 96 valence electrons. The van der Waals surface area contributed by atoms with Crippen molar-refractivity contribution < 1.29 is 14.4 Å². The number of likely N-dealkylation sites (tertiary alicyclic amines) is 1. The highest BCUT2D eigenvalue weighted by atomic mass is 16.4. The average molecular weight is 237 g/mol. The van der Waals surface area contributed by atoms with E-state index in [0.29, 0.717) is 5.92 Å². The first-order chi connectivity index (χ1) is 7.89. The molecule has 2 rings (SSSR count). The van der Waals surface area contributed by atoms with Crippen LogP contribution in [0.15, 0.2) is 12.2 Å². The van der Waals surface area contributed by atoms with Crippen molar-refractivity contribution in [2.24, 2.45) is 5.92 Å². The van der Waals surface area contributed by atoms with Gasteiger partial charge < -0.3 is 9.90 Å². The third-order valence-electron chi connectivity index (χ3n) is 4.70. The summed E-state index contributed by atoms with van der Waals surface area (Å²) in [5.41, 5.74) is -0.284. The zero-order valence-corrected chi connectivity index (χ0v) is 11.1. The fraction of sp³-hybridized carbons (Fsp3) is 0.786. The average Bonchev–Trinajstić information content (AvgIpc) is 2.26. The number of amides is 1. The van der Waals surface area contributed by atoms with Gasteiger partial charge in [-0.25, -0.2) is 0 Å². The number of fused-ring (bicyclic) bond motifs is 1. The Labute approximate surface area is 104 Å². The molecule has 1 fully saturated rings. The highest BCUT2D eigenvalue weighted by Gasteiger charge is 2.53. The van der Waals surface area contributed by atoms with Gasteiger partial charge in [0.1, 0.15) is 6.04 Å². The third kappa shape index (κ3) is 1.81. The number of rotatable bonds is 0. The molecule has 1 heterocycles. The fourth-order valence-electron chi connectivity index (χ4n) is 3.81. The first-order valence-electron chi connectivity index (χ1n) is 6.64. The molecular weight excluding hydrogens is 214 g/mol. The number of carboxylic acid groups (broad SMARTS) is 1. The molecule has 0 N–H and O–H groups in total. The summed E-state index contributed by atoms with van der Waals surface area (Å²) in [6.07, 6.45) is 7.55. The van der Waals surface area contributed by atoms with E-state index < -0.39 is 6.09 Å². The Balaban J connectivity index is 2.43. The molecule has 0 aromatic heterocycles. The molecule has 1 aliphatic carbocycles. The summed E-state index contributed by atoms with van der Waals surface area (Å²) >= 11 is 0. The van der Waals surface area contributed by atoms with E-state index in [0.717, 1.165) is 25.8 Å². The fourth-order valence-corrected chi connectivity index (χ4v) is 3.81. The molecule has 2 aliphatic rings. The molecule has 3 nitrogen and oxygen atoms in total. The van der Waals surface area contributed by atoms with Crippen LogP contribution in [-0.2, 0) is 0 Å². The van der Waals surface area contributed by atoms with E-state index >= 15 is 0 Å². The van der Waals surface area contributed by atoms with Crippen LogP contribution in [0.5, 0.6) is 0 Å². The zero-order chi connectivity index (χ0) is 12.7. The minimum atomic E-state index is -0.887. The summed E-state index contributed by atoms with van der Waals surface area (Å²) < 4.78 is 0.141. The van der Waals surface area contributed by atoms with Crippen molar-refractivity contribution in [1.29, 1.82) is 0 Å². The molecule has 0 spiro atoms. The molecule has 1 unspecified atom stereocenters. The van der Waals surface area contributed by atoms with E-state index in [4.69, 9.17) is 0 Å². The van der Waals surface area contributed by atoms with Gasteiger partial charge in [-0.3, -0.25) is 4.48 Å².